The Bertz CT molecular complexity index is 800. The molecular weight excluding hydrogens is 338 g/mol. The molecule has 2 N–H and O–H groups in total. The predicted molar refractivity (Wildman–Crippen MR) is 98.0 cm³/mol. The summed E-state index contributed by atoms with van der Waals surface area (Å²) in [5.74, 6) is 1.40. The van der Waals surface area contributed by atoms with E-state index >= 15 is 0 Å². The van der Waals surface area contributed by atoms with Crippen LogP contribution in [0.1, 0.15) is 5.56 Å². The minimum absolute atomic E-state index is 0.0295. The molecule has 0 bridgehead atoms. The molecule has 6 nitrogen and oxygen atoms in total. The van der Waals surface area contributed by atoms with E-state index in [0.717, 1.165) is 11.4 Å². The summed E-state index contributed by atoms with van der Waals surface area (Å²) in [6, 6.07) is 14.9. The van der Waals surface area contributed by atoms with Gasteiger partial charge < -0.3 is 15.2 Å². The minimum Gasteiger partial charge on any atom is -0.367 e. The Hall–Kier alpha value is -2.86. The first-order valence-corrected chi connectivity index (χ1v) is 8.30. The Morgan fingerprint density at radius 1 is 1.00 bits per heavy atom. The topological polar surface area (TPSA) is 71.8 Å². The zero-order valence-corrected chi connectivity index (χ0v) is 14.3. The summed E-state index contributed by atoms with van der Waals surface area (Å²) in [6.45, 7) is 1.08. The van der Waals surface area contributed by atoms with Gasteiger partial charge in [-0.05, 0) is 42.0 Å². The van der Waals surface area contributed by atoms with Crippen molar-refractivity contribution >= 4 is 23.3 Å². The van der Waals surface area contributed by atoms with Crippen LogP contribution in [0.15, 0.2) is 60.9 Å². The fourth-order valence-corrected chi connectivity index (χ4v) is 2.41. The van der Waals surface area contributed by atoms with Crippen LogP contribution in [0.2, 0.25) is 5.02 Å². The van der Waals surface area contributed by atoms with Crippen LogP contribution in [0.5, 0.6) is 0 Å². The number of hydrogen-bond acceptors (Lipinski definition) is 4. The Labute approximate surface area is 150 Å². The van der Waals surface area contributed by atoms with Gasteiger partial charge in [-0.25, -0.2) is 0 Å². The van der Waals surface area contributed by atoms with Gasteiger partial charge >= 0.3 is 0 Å². The van der Waals surface area contributed by atoms with Gasteiger partial charge in [0.15, 0.2) is 5.82 Å². The Morgan fingerprint density at radius 2 is 1.76 bits per heavy atom. The Kier molecular flexibility index (Phi) is 5.64. The zero-order valence-electron chi connectivity index (χ0n) is 13.5. The average Bonchev–Trinajstić information content (AvgIpc) is 3.16. The first kappa shape index (κ1) is 17.0. The number of rotatable bonds is 7. The number of carbonyl (C=O) groups is 1. The lowest BCUT2D eigenvalue weighted by molar-refractivity contribution is -0.120. The van der Waals surface area contributed by atoms with Crippen LogP contribution >= 0.6 is 11.6 Å². The molecule has 2 heterocycles. The second-order valence-corrected chi connectivity index (χ2v) is 5.88. The van der Waals surface area contributed by atoms with Crippen molar-refractivity contribution in [2.45, 2.75) is 6.42 Å². The van der Waals surface area contributed by atoms with E-state index in [1.54, 1.807) is 12.1 Å². The van der Waals surface area contributed by atoms with Crippen molar-refractivity contribution in [3.8, 4) is 5.82 Å². The van der Waals surface area contributed by atoms with Crippen LogP contribution in [0.3, 0.4) is 0 Å². The molecule has 0 fully saturated rings. The average molecular weight is 356 g/mol. The molecule has 0 saturated carbocycles. The summed E-state index contributed by atoms with van der Waals surface area (Å²) in [5.41, 5.74) is 0.932. The zero-order chi connectivity index (χ0) is 17.5. The SMILES string of the molecule is O=C(Cc1ccc(Cl)cc1)NCCNc1ccc(-n2cccc2)nn1. The molecular formula is C18H18ClN5O. The smallest absolute Gasteiger partial charge is 0.224 e. The van der Waals surface area contributed by atoms with Crippen LogP contribution < -0.4 is 10.6 Å². The van der Waals surface area contributed by atoms with E-state index in [1.165, 1.54) is 0 Å². The molecule has 0 aliphatic rings. The van der Waals surface area contributed by atoms with Crippen LogP contribution in [0, 0.1) is 0 Å². The second kappa shape index (κ2) is 8.30. The monoisotopic (exact) mass is 355 g/mol. The molecule has 3 rings (SSSR count). The molecule has 128 valence electrons. The number of aromatic nitrogens is 3. The Balaban J connectivity index is 1.39. The highest BCUT2D eigenvalue weighted by Crippen LogP contribution is 2.10. The molecule has 25 heavy (non-hydrogen) atoms. The minimum atomic E-state index is -0.0295. The number of benzene rings is 1. The lowest BCUT2D eigenvalue weighted by atomic mass is 10.1. The van der Waals surface area contributed by atoms with Crippen molar-refractivity contribution < 1.29 is 4.79 Å². The first-order valence-electron chi connectivity index (χ1n) is 7.93. The van der Waals surface area contributed by atoms with E-state index < -0.39 is 0 Å². The van der Waals surface area contributed by atoms with Gasteiger partial charge in [0, 0.05) is 30.5 Å². The summed E-state index contributed by atoms with van der Waals surface area (Å²) in [7, 11) is 0. The lowest BCUT2D eigenvalue weighted by Gasteiger charge is -2.08. The van der Waals surface area contributed by atoms with Crippen LogP contribution in [0.4, 0.5) is 5.82 Å². The molecule has 1 amide bonds. The molecule has 0 spiro atoms. The summed E-state index contributed by atoms with van der Waals surface area (Å²) in [6.07, 6.45) is 4.16. The molecule has 0 radical (unpaired) electrons. The van der Waals surface area contributed by atoms with E-state index in [9.17, 15) is 4.79 Å². The van der Waals surface area contributed by atoms with Gasteiger partial charge in [0.2, 0.25) is 5.91 Å². The van der Waals surface area contributed by atoms with Gasteiger partial charge in [-0.3, -0.25) is 4.79 Å². The number of amides is 1. The highest BCUT2D eigenvalue weighted by atomic mass is 35.5. The van der Waals surface area contributed by atoms with Crippen molar-refractivity contribution in [3.05, 3.63) is 71.5 Å². The first-order chi connectivity index (χ1) is 12.2. The Morgan fingerprint density at radius 3 is 2.44 bits per heavy atom. The number of hydrogen-bond donors (Lipinski definition) is 2. The molecule has 3 aromatic rings. The standard InChI is InChI=1S/C18H18ClN5O/c19-15-5-3-14(4-6-15)13-18(25)21-10-9-20-16-7-8-17(23-22-16)24-11-1-2-12-24/h1-8,11-12H,9-10,13H2,(H,20,22)(H,21,25). The van der Waals surface area contributed by atoms with Crippen molar-refractivity contribution in [2.75, 3.05) is 18.4 Å². The molecule has 0 aliphatic carbocycles. The van der Waals surface area contributed by atoms with Gasteiger partial charge in [-0.15, -0.1) is 10.2 Å². The van der Waals surface area contributed by atoms with Crippen LogP contribution in [-0.2, 0) is 11.2 Å². The summed E-state index contributed by atoms with van der Waals surface area (Å²) in [4.78, 5) is 11.9. The third-order valence-electron chi connectivity index (χ3n) is 3.55. The molecule has 0 unspecified atom stereocenters. The lowest BCUT2D eigenvalue weighted by Crippen LogP contribution is -2.30. The predicted octanol–water partition coefficient (Wildman–Crippen LogP) is 2.69. The van der Waals surface area contributed by atoms with Gasteiger partial charge in [0.25, 0.3) is 0 Å². The number of carbonyl (C=O) groups excluding carboxylic acids is 1. The molecule has 2 aromatic heterocycles. The molecule has 0 aliphatic heterocycles. The molecule has 1 aromatic carbocycles. The highest BCUT2D eigenvalue weighted by Gasteiger charge is 2.03. The van der Waals surface area contributed by atoms with Crippen LogP contribution in [0.25, 0.3) is 5.82 Å². The number of nitrogens with one attached hydrogen (secondary N) is 2. The van der Waals surface area contributed by atoms with E-state index in [0.29, 0.717) is 30.4 Å². The molecule has 0 saturated heterocycles. The van der Waals surface area contributed by atoms with E-state index in [-0.39, 0.29) is 5.91 Å². The number of halogens is 1. The fourth-order valence-electron chi connectivity index (χ4n) is 2.29. The maximum absolute atomic E-state index is 11.9. The van der Waals surface area contributed by atoms with Crippen molar-refractivity contribution in [2.24, 2.45) is 0 Å². The summed E-state index contributed by atoms with van der Waals surface area (Å²) < 4.78 is 1.88. The number of anilines is 1. The third-order valence-corrected chi connectivity index (χ3v) is 3.80. The van der Waals surface area contributed by atoms with Gasteiger partial charge in [-0.1, -0.05) is 23.7 Å². The van der Waals surface area contributed by atoms with Crippen molar-refractivity contribution in [1.82, 2.24) is 20.1 Å². The normalized spacial score (nSPS) is 10.4. The van der Waals surface area contributed by atoms with E-state index in [1.807, 2.05) is 53.4 Å². The van der Waals surface area contributed by atoms with Crippen molar-refractivity contribution in [1.29, 1.82) is 0 Å². The summed E-state index contributed by atoms with van der Waals surface area (Å²) >= 11 is 5.83. The largest absolute Gasteiger partial charge is 0.367 e. The second-order valence-electron chi connectivity index (χ2n) is 5.45. The number of nitrogens with zero attached hydrogens (tertiary/aromatic N) is 3. The summed E-state index contributed by atoms with van der Waals surface area (Å²) in [5, 5.41) is 14.9. The van der Waals surface area contributed by atoms with E-state index in [4.69, 9.17) is 11.6 Å². The van der Waals surface area contributed by atoms with Gasteiger partial charge in [0.1, 0.15) is 5.82 Å². The highest BCUT2D eigenvalue weighted by molar-refractivity contribution is 6.30. The van der Waals surface area contributed by atoms with Crippen molar-refractivity contribution in [3.63, 3.8) is 0 Å². The maximum atomic E-state index is 11.9. The van der Waals surface area contributed by atoms with E-state index in [2.05, 4.69) is 20.8 Å². The van der Waals surface area contributed by atoms with Crippen LogP contribution in [-0.4, -0.2) is 33.8 Å². The van der Waals surface area contributed by atoms with Gasteiger partial charge in [-0.2, -0.15) is 0 Å². The fraction of sp³-hybridized carbons (Fsp3) is 0.167. The third kappa shape index (κ3) is 5.06. The molecule has 0 atom stereocenters. The van der Waals surface area contributed by atoms with Gasteiger partial charge in [0.05, 0.1) is 6.42 Å². The maximum Gasteiger partial charge on any atom is 0.224 e. The quantitative estimate of drug-likeness (QED) is 0.639. The molecule has 7 heteroatoms.